The van der Waals surface area contributed by atoms with Gasteiger partial charge >= 0.3 is 0 Å². The van der Waals surface area contributed by atoms with E-state index in [-0.39, 0.29) is 11.7 Å². The van der Waals surface area contributed by atoms with Crippen molar-refractivity contribution in [1.82, 2.24) is 4.98 Å². The molecule has 5 heteroatoms. The lowest BCUT2D eigenvalue weighted by molar-refractivity contribution is 0.0994. The molecule has 2 aromatic rings. The van der Waals surface area contributed by atoms with Crippen LogP contribution in [0.25, 0.3) is 0 Å². The van der Waals surface area contributed by atoms with Gasteiger partial charge < -0.3 is 15.5 Å². The summed E-state index contributed by atoms with van der Waals surface area (Å²) in [7, 11) is 0. The number of aryl methyl sites for hydroxylation is 2. The maximum Gasteiger partial charge on any atom is 0.293 e. The van der Waals surface area contributed by atoms with Crippen molar-refractivity contribution in [2.24, 2.45) is 5.73 Å². The number of carbonyl (C=O) groups is 1. The van der Waals surface area contributed by atoms with E-state index < -0.39 is 0 Å². The Morgan fingerprint density at radius 3 is 2.50 bits per heavy atom. The zero-order valence-corrected chi connectivity index (χ0v) is 10.4. The van der Waals surface area contributed by atoms with E-state index in [9.17, 15) is 4.79 Å². The van der Waals surface area contributed by atoms with Gasteiger partial charge in [0.05, 0.1) is 5.69 Å². The molecule has 18 heavy (non-hydrogen) atoms. The van der Waals surface area contributed by atoms with Gasteiger partial charge in [0.1, 0.15) is 0 Å². The fraction of sp³-hybridized carbons (Fsp3) is 0.231. The maximum atomic E-state index is 11.9. The molecule has 0 bridgehead atoms. The van der Waals surface area contributed by atoms with Crippen LogP contribution in [-0.4, -0.2) is 10.9 Å². The number of oxazole rings is 1. The third-order valence-corrected chi connectivity index (χ3v) is 2.56. The number of nitrogens with zero attached hydrogens (tertiary/aromatic N) is 1. The van der Waals surface area contributed by atoms with Crippen molar-refractivity contribution in [3.05, 3.63) is 47.2 Å². The molecule has 0 saturated carbocycles. The van der Waals surface area contributed by atoms with Gasteiger partial charge in [-0.3, -0.25) is 4.79 Å². The third kappa shape index (κ3) is 2.57. The number of anilines is 1. The van der Waals surface area contributed by atoms with Gasteiger partial charge in [0.2, 0.25) is 5.76 Å². The summed E-state index contributed by atoms with van der Waals surface area (Å²) in [6.45, 7) is 3.93. The Balaban J connectivity index is 2.13. The van der Waals surface area contributed by atoms with Crippen molar-refractivity contribution in [1.29, 1.82) is 0 Å². The molecule has 1 aromatic carbocycles. The van der Waals surface area contributed by atoms with Gasteiger partial charge in [0.15, 0.2) is 5.89 Å². The average molecular weight is 245 g/mol. The first-order valence-electron chi connectivity index (χ1n) is 5.64. The Labute approximate surface area is 105 Å². The highest BCUT2D eigenvalue weighted by Gasteiger charge is 2.15. The second-order valence-electron chi connectivity index (χ2n) is 4.00. The van der Waals surface area contributed by atoms with E-state index in [4.69, 9.17) is 10.2 Å². The van der Waals surface area contributed by atoms with Crippen molar-refractivity contribution in [3.63, 3.8) is 0 Å². The molecular weight excluding hydrogens is 230 g/mol. The molecule has 0 aliphatic rings. The summed E-state index contributed by atoms with van der Waals surface area (Å²) in [5.41, 5.74) is 7.80. The van der Waals surface area contributed by atoms with Crippen LogP contribution in [0.1, 0.15) is 27.7 Å². The van der Waals surface area contributed by atoms with Crippen molar-refractivity contribution in [2.45, 2.75) is 20.4 Å². The van der Waals surface area contributed by atoms with Gasteiger partial charge in [-0.2, -0.15) is 0 Å². The fourth-order valence-electron chi connectivity index (χ4n) is 1.65. The largest absolute Gasteiger partial charge is 0.436 e. The number of aromatic nitrogens is 1. The van der Waals surface area contributed by atoms with Gasteiger partial charge in [-0.25, -0.2) is 4.98 Å². The van der Waals surface area contributed by atoms with E-state index >= 15 is 0 Å². The Hall–Kier alpha value is -2.14. The summed E-state index contributed by atoms with van der Waals surface area (Å²) in [4.78, 5) is 16.0. The van der Waals surface area contributed by atoms with Crippen LogP contribution in [0.3, 0.4) is 0 Å². The highest BCUT2D eigenvalue weighted by molar-refractivity contribution is 6.02. The molecule has 5 nitrogen and oxygen atoms in total. The SMILES string of the molecule is Cc1nc(C)c(C(=O)Nc2ccc(CN)cc2)o1. The maximum absolute atomic E-state index is 11.9. The molecule has 3 N–H and O–H groups in total. The Morgan fingerprint density at radius 2 is 2.00 bits per heavy atom. The first kappa shape index (κ1) is 12.3. The van der Waals surface area contributed by atoms with E-state index in [1.807, 2.05) is 12.1 Å². The number of rotatable bonds is 3. The van der Waals surface area contributed by atoms with Crippen LogP contribution in [0.2, 0.25) is 0 Å². The highest BCUT2D eigenvalue weighted by Crippen LogP contribution is 2.14. The summed E-state index contributed by atoms with van der Waals surface area (Å²) in [6.07, 6.45) is 0. The molecule has 0 aliphatic carbocycles. The van der Waals surface area contributed by atoms with Gasteiger partial charge in [-0.15, -0.1) is 0 Å². The second kappa shape index (κ2) is 5.01. The number of hydrogen-bond donors (Lipinski definition) is 2. The van der Waals surface area contributed by atoms with Crippen molar-refractivity contribution < 1.29 is 9.21 Å². The van der Waals surface area contributed by atoms with Gasteiger partial charge in [-0.1, -0.05) is 12.1 Å². The average Bonchev–Trinajstić information content (AvgIpc) is 2.69. The number of benzene rings is 1. The summed E-state index contributed by atoms with van der Waals surface area (Å²) in [5, 5.41) is 2.75. The van der Waals surface area contributed by atoms with Crippen LogP contribution >= 0.6 is 0 Å². The van der Waals surface area contributed by atoms with E-state index in [0.29, 0.717) is 23.8 Å². The Morgan fingerprint density at radius 1 is 1.33 bits per heavy atom. The molecular formula is C13H15N3O2. The van der Waals surface area contributed by atoms with Crippen molar-refractivity contribution in [3.8, 4) is 0 Å². The van der Waals surface area contributed by atoms with E-state index in [1.165, 1.54) is 0 Å². The minimum absolute atomic E-state index is 0.246. The fourth-order valence-corrected chi connectivity index (χ4v) is 1.65. The number of nitrogens with two attached hydrogens (primary N) is 1. The van der Waals surface area contributed by atoms with Crippen LogP contribution in [0, 0.1) is 13.8 Å². The predicted octanol–water partition coefficient (Wildman–Crippen LogP) is 2.00. The lowest BCUT2D eigenvalue weighted by Crippen LogP contribution is -2.12. The summed E-state index contributed by atoms with van der Waals surface area (Å²) in [6, 6.07) is 7.35. The van der Waals surface area contributed by atoms with Crippen LogP contribution in [0.15, 0.2) is 28.7 Å². The molecule has 0 aliphatic heterocycles. The normalized spacial score (nSPS) is 10.4. The molecule has 2 rings (SSSR count). The molecule has 1 heterocycles. The molecule has 0 radical (unpaired) electrons. The standard InChI is InChI=1S/C13H15N3O2/c1-8-12(18-9(2)15-8)13(17)16-11-5-3-10(7-14)4-6-11/h3-6H,7,14H2,1-2H3,(H,16,17). The molecule has 0 fully saturated rings. The monoisotopic (exact) mass is 245 g/mol. The van der Waals surface area contributed by atoms with Crippen LogP contribution < -0.4 is 11.1 Å². The number of amides is 1. The van der Waals surface area contributed by atoms with E-state index in [1.54, 1.807) is 26.0 Å². The Bertz CT molecular complexity index is 558. The molecule has 1 amide bonds. The van der Waals surface area contributed by atoms with Crippen LogP contribution in [-0.2, 0) is 6.54 Å². The first-order valence-corrected chi connectivity index (χ1v) is 5.64. The minimum Gasteiger partial charge on any atom is -0.436 e. The molecule has 0 saturated heterocycles. The summed E-state index contributed by atoms with van der Waals surface area (Å²) in [5.74, 6) is 0.431. The third-order valence-electron chi connectivity index (χ3n) is 2.56. The zero-order chi connectivity index (χ0) is 13.1. The van der Waals surface area contributed by atoms with E-state index in [0.717, 1.165) is 5.56 Å². The van der Waals surface area contributed by atoms with Crippen molar-refractivity contribution >= 4 is 11.6 Å². The van der Waals surface area contributed by atoms with Gasteiger partial charge in [0, 0.05) is 19.2 Å². The second-order valence-corrected chi connectivity index (χ2v) is 4.00. The molecule has 0 unspecified atom stereocenters. The van der Waals surface area contributed by atoms with Gasteiger partial charge in [-0.05, 0) is 24.6 Å². The lowest BCUT2D eigenvalue weighted by atomic mass is 10.2. The van der Waals surface area contributed by atoms with Crippen molar-refractivity contribution in [2.75, 3.05) is 5.32 Å². The first-order chi connectivity index (χ1) is 8.60. The number of hydrogen-bond acceptors (Lipinski definition) is 4. The predicted molar refractivity (Wildman–Crippen MR) is 68.3 cm³/mol. The lowest BCUT2D eigenvalue weighted by Gasteiger charge is -2.04. The topological polar surface area (TPSA) is 81.2 Å². The molecule has 1 aromatic heterocycles. The number of carbonyl (C=O) groups excluding carboxylic acids is 1. The zero-order valence-electron chi connectivity index (χ0n) is 10.4. The highest BCUT2D eigenvalue weighted by atomic mass is 16.4. The van der Waals surface area contributed by atoms with Crippen LogP contribution in [0.4, 0.5) is 5.69 Å². The molecule has 0 atom stereocenters. The summed E-state index contributed by atoms with van der Waals surface area (Å²) < 4.78 is 5.25. The minimum atomic E-state index is -0.298. The quantitative estimate of drug-likeness (QED) is 0.866. The molecule has 0 spiro atoms. The molecule has 94 valence electrons. The van der Waals surface area contributed by atoms with Gasteiger partial charge in [0.25, 0.3) is 5.91 Å². The van der Waals surface area contributed by atoms with Crippen LogP contribution in [0.5, 0.6) is 0 Å². The van der Waals surface area contributed by atoms with E-state index in [2.05, 4.69) is 10.3 Å². The smallest absolute Gasteiger partial charge is 0.293 e. The summed E-state index contributed by atoms with van der Waals surface area (Å²) >= 11 is 0. The number of nitrogens with one attached hydrogen (secondary N) is 1. The Kier molecular flexibility index (Phi) is 3.43.